The van der Waals surface area contributed by atoms with E-state index in [9.17, 15) is 0 Å². The van der Waals surface area contributed by atoms with Gasteiger partial charge in [-0.3, -0.25) is 0 Å². The van der Waals surface area contributed by atoms with E-state index < -0.39 is 0 Å². The van der Waals surface area contributed by atoms with Crippen molar-refractivity contribution in [2.24, 2.45) is 0 Å². The van der Waals surface area contributed by atoms with Gasteiger partial charge in [-0.2, -0.15) is 5.10 Å². The minimum Gasteiger partial charge on any atom is -0.381 e. The molecule has 0 radical (unpaired) electrons. The number of nitrogens with one attached hydrogen (secondary N) is 1. The lowest BCUT2D eigenvalue weighted by Gasteiger charge is -2.05. The number of aryl methyl sites for hydroxylation is 1. The summed E-state index contributed by atoms with van der Waals surface area (Å²) in [5.74, 6) is 2.63. The number of anilines is 1. The molecular weight excluding hydrogens is 280 g/mol. The van der Waals surface area contributed by atoms with E-state index in [4.69, 9.17) is 14.8 Å². The van der Waals surface area contributed by atoms with Gasteiger partial charge in [-0.05, 0) is 12.8 Å². The third-order valence-corrected chi connectivity index (χ3v) is 3.84. The SMILES string of the molecule is CCCCn1nc(C2CCOC2)nc1-c1cnc(NC)nc1. The maximum absolute atomic E-state index is 5.46. The van der Waals surface area contributed by atoms with Gasteiger partial charge in [0.1, 0.15) is 0 Å². The van der Waals surface area contributed by atoms with Crippen molar-refractivity contribution < 1.29 is 4.74 Å². The Kier molecular flexibility index (Phi) is 4.62. The Morgan fingerprint density at radius 2 is 2.18 bits per heavy atom. The molecule has 0 aliphatic carbocycles. The van der Waals surface area contributed by atoms with E-state index >= 15 is 0 Å². The Hall–Kier alpha value is -2.02. The highest BCUT2D eigenvalue weighted by atomic mass is 16.5. The van der Waals surface area contributed by atoms with Crippen molar-refractivity contribution in [3.05, 3.63) is 18.2 Å². The zero-order chi connectivity index (χ0) is 15.4. The fraction of sp³-hybridized carbons (Fsp3) is 0.600. The predicted molar refractivity (Wildman–Crippen MR) is 83.7 cm³/mol. The average molecular weight is 302 g/mol. The molecule has 1 N–H and O–H groups in total. The van der Waals surface area contributed by atoms with Crippen molar-refractivity contribution in [1.29, 1.82) is 0 Å². The second-order valence-corrected chi connectivity index (χ2v) is 5.48. The van der Waals surface area contributed by atoms with Crippen LogP contribution < -0.4 is 5.32 Å². The van der Waals surface area contributed by atoms with Crippen LogP contribution in [0.3, 0.4) is 0 Å². The summed E-state index contributed by atoms with van der Waals surface area (Å²) in [5.41, 5.74) is 0.896. The van der Waals surface area contributed by atoms with Crippen molar-refractivity contribution in [2.45, 2.75) is 38.6 Å². The van der Waals surface area contributed by atoms with Crippen molar-refractivity contribution in [1.82, 2.24) is 24.7 Å². The first-order chi connectivity index (χ1) is 10.8. The third kappa shape index (κ3) is 3.09. The standard InChI is InChI=1S/C15H22N6O/c1-3-4-6-21-14(12-8-17-15(16-2)18-9-12)19-13(20-21)11-5-7-22-10-11/h8-9,11H,3-7,10H2,1-2H3,(H,16,17,18). The van der Waals surface area contributed by atoms with Crippen molar-refractivity contribution in [3.63, 3.8) is 0 Å². The first-order valence-electron chi connectivity index (χ1n) is 7.84. The quantitative estimate of drug-likeness (QED) is 0.880. The number of hydrogen-bond donors (Lipinski definition) is 1. The largest absolute Gasteiger partial charge is 0.381 e. The summed E-state index contributed by atoms with van der Waals surface area (Å²) < 4.78 is 7.44. The molecule has 1 atom stereocenters. The van der Waals surface area contributed by atoms with Gasteiger partial charge in [0.2, 0.25) is 5.95 Å². The Morgan fingerprint density at radius 1 is 1.36 bits per heavy atom. The topological polar surface area (TPSA) is 77.8 Å². The number of unbranched alkanes of at least 4 members (excludes halogenated alkanes) is 1. The second kappa shape index (κ2) is 6.83. The van der Waals surface area contributed by atoms with Crippen LogP contribution in [0.4, 0.5) is 5.95 Å². The molecule has 22 heavy (non-hydrogen) atoms. The Balaban J connectivity index is 1.91. The molecular formula is C15H22N6O. The molecule has 0 amide bonds. The lowest BCUT2D eigenvalue weighted by Crippen LogP contribution is -2.05. The fourth-order valence-corrected chi connectivity index (χ4v) is 2.52. The summed E-state index contributed by atoms with van der Waals surface area (Å²) in [4.78, 5) is 13.3. The number of nitrogens with zero attached hydrogens (tertiary/aromatic N) is 5. The van der Waals surface area contributed by atoms with Crippen molar-refractivity contribution in [2.75, 3.05) is 25.6 Å². The summed E-state index contributed by atoms with van der Waals surface area (Å²) in [7, 11) is 1.80. The van der Waals surface area contributed by atoms with E-state index in [1.807, 2.05) is 4.68 Å². The predicted octanol–water partition coefficient (Wildman–Crippen LogP) is 2.08. The van der Waals surface area contributed by atoms with Gasteiger partial charge in [0.15, 0.2) is 11.6 Å². The van der Waals surface area contributed by atoms with Gasteiger partial charge in [0.05, 0.1) is 12.2 Å². The molecule has 0 spiro atoms. The van der Waals surface area contributed by atoms with Crippen molar-refractivity contribution in [3.8, 4) is 11.4 Å². The normalized spacial score (nSPS) is 17.8. The molecule has 3 rings (SSSR count). The second-order valence-electron chi connectivity index (χ2n) is 5.48. The van der Waals surface area contributed by atoms with E-state index in [0.29, 0.717) is 18.5 Å². The molecule has 1 unspecified atom stereocenters. The summed E-state index contributed by atoms with van der Waals surface area (Å²) >= 11 is 0. The molecule has 0 aromatic carbocycles. The summed E-state index contributed by atoms with van der Waals surface area (Å²) in [6, 6.07) is 0. The van der Waals surface area contributed by atoms with Gasteiger partial charge >= 0.3 is 0 Å². The third-order valence-electron chi connectivity index (χ3n) is 3.84. The molecule has 2 aromatic heterocycles. The number of hydrogen-bond acceptors (Lipinski definition) is 6. The first kappa shape index (κ1) is 14.9. The molecule has 2 aromatic rings. The molecule has 1 aliphatic heterocycles. The van der Waals surface area contributed by atoms with Crippen LogP contribution in [0.5, 0.6) is 0 Å². The number of aromatic nitrogens is 5. The van der Waals surface area contributed by atoms with Gasteiger partial charge < -0.3 is 10.1 Å². The highest BCUT2D eigenvalue weighted by Gasteiger charge is 2.24. The monoisotopic (exact) mass is 302 g/mol. The van der Waals surface area contributed by atoms with Gasteiger partial charge in [-0.1, -0.05) is 13.3 Å². The first-order valence-corrected chi connectivity index (χ1v) is 7.84. The molecule has 118 valence electrons. The zero-order valence-corrected chi connectivity index (χ0v) is 13.1. The van der Waals surface area contributed by atoms with E-state index in [1.54, 1.807) is 19.4 Å². The van der Waals surface area contributed by atoms with Gasteiger partial charge in [0, 0.05) is 38.5 Å². The Bertz CT molecular complexity index is 603. The van der Waals surface area contributed by atoms with E-state index in [-0.39, 0.29) is 0 Å². The Morgan fingerprint density at radius 3 is 2.82 bits per heavy atom. The van der Waals surface area contributed by atoms with Crippen LogP contribution in [0.15, 0.2) is 12.4 Å². The maximum Gasteiger partial charge on any atom is 0.222 e. The van der Waals surface area contributed by atoms with Crippen LogP contribution in [-0.2, 0) is 11.3 Å². The number of ether oxygens (including phenoxy) is 1. The highest BCUT2D eigenvalue weighted by Crippen LogP contribution is 2.25. The van der Waals surface area contributed by atoms with E-state index in [1.165, 1.54) is 0 Å². The van der Waals surface area contributed by atoms with Crippen LogP contribution in [0.1, 0.15) is 37.9 Å². The maximum atomic E-state index is 5.46. The number of rotatable bonds is 6. The van der Waals surface area contributed by atoms with E-state index in [2.05, 4.69) is 22.2 Å². The fourth-order valence-electron chi connectivity index (χ4n) is 2.52. The molecule has 7 nitrogen and oxygen atoms in total. The summed E-state index contributed by atoms with van der Waals surface area (Å²) in [5, 5.41) is 7.63. The lowest BCUT2D eigenvalue weighted by molar-refractivity contribution is 0.193. The zero-order valence-electron chi connectivity index (χ0n) is 13.1. The van der Waals surface area contributed by atoms with Gasteiger partial charge in [-0.25, -0.2) is 19.6 Å². The Labute approximate surface area is 130 Å². The molecule has 1 saturated heterocycles. The minimum atomic E-state index is 0.305. The highest BCUT2D eigenvalue weighted by molar-refractivity contribution is 5.53. The molecule has 0 saturated carbocycles. The molecule has 0 bridgehead atoms. The molecule has 3 heterocycles. The van der Waals surface area contributed by atoms with Crippen LogP contribution in [0.25, 0.3) is 11.4 Å². The smallest absolute Gasteiger partial charge is 0.222 e. The van der Waals surface area contributed by atoms with Crippen LogP contribution >= 0.6 is 0 Å². The molecule has 1 aliphatic rings. The summed E-state index contributed by atoms with van der Waals surface area (Å²) in [6.07, 6.45) is 6.77. The van der Waals surface area contributed by atoms with Crippen LogP contribution in [0, 0.1) is 0 Å². The van der Waals surface area contributed by atoms with Gasteiger partial charge in [-0.15, -0.1) is 0 Å². The van der Waals surface area contributed by atoms with Gasteiger partial charge in [0.25, 0.3) is 0 Å². The van der Waals surface area contributed by atoms with E-state index in [0.717, 1.165) is 49.6 Å². The van der Waals surface area contributed by atoms with Crippen molar-refractivity contribution >= 4 is 5.95 Å². The van der Waals surface area contributed by atoms with Crippen LogP contribution in [0.2, 0.25) is 0 Å². The van der Waals surface area contributed by atoms with Crippen LogP contribution in [-0.4, -0.2) is 45.0 Å². The molecule has 1 fully saturated rings. The minimum absolute atomic E-state index is 0.305. The lowest BCUT2D eigenvalue weighted by atomic mass is 10.1. The molecule has 7 heteroatoms. The summed E-state index contributed by atoms with van der Waals surface area (Å²) in [6.45, 7) is 4.54. The average Bonchev–Trinajstić information content (AvgIpc) is 3.22.